The van der Waals surface area contributed by atoms with Crippen LogP contribution in [0, 0.1) is 6.92 Å². The van der Waals surface area contributed by atoms with Crippen LogP contribution in [0.15, 0.2) is 28.8 Å². The predicted molar refractivity (Wildman–Crippen MR) is 71.0 cm³/mol. The molecule has 2 rings (SSSR count). The minimum atomic E-state index is -0.0946. The third kappa shape index (κ3) is 3.06. The van der Waals surface area contributed by atoms with Gasteiger partial charge in [0.1, 0.15) is 17.3 Å². The summed E-state index contributed by atoms with van der Waals surface area (Å²) in [7, 11) is 0. The number of aromatic nitrogens is 1. The Labute approximate surface area is 111 Å². The first-order valence-electron chi connectivity index (χ1n) is 6.17. The highest BCUT2D eigenvalue weighted by molar-refractivity contribution is 5.40. The van der Waals surface area contributed by atoms with Crippen LogP contribution < -0.4 is 5.32 Å². The van der Waals surface area contributed by atoms with Gasteiger partial charge in [0.25, 0.3) is 0 Å². The molecule has 2 atom stereocenters. The molecule has 2 unspecified atom stereocenters. The molecule has 0 amide bonds. The second-order valence-electron chi connectivity index (χ2n) is 4.66. The number of aryl methyl sites for hydroxylation is 1. The molecule has 0 aliphatic carbocycles. The zero-order valence-corrected chi connectivity index (χ0v) is 11.2. The van der Waals surface area contributed by atoms with Gasteiger partial charge in [-0.05, 0) is 26.8 Å². The number of aromatic hydroxyl groups is 2. The Morgan fingerprint density at radius 3 is 2.53 bits per heavy atom. The number of hydrogen-bond acceptors (Lipinski definition) is 5. The highest BCUT2D eigenvalue weighted by Crippen LogP contribution is 2.29. The van der Waals surface area contributed by atoms with Crippen molar-refractivity contribution < 1.29 is 14.6 Å². The van der Waals surface area contributed by atoms with Gasteiger partial charge in [-0.15, -0.1) is 0 Å². The summed E-state index contributed by atoms with van der Waals surface area (Å²) in [5.74, 6) is 1.49. The molecule has 3 N–H and O–H groups in total. The van der Waals surface area contributed by atoms with E-state index in [4.69, 9.17) is 4.42 Å². The van der Waals surface area contributed by atoms with E-state index in [0.717, 1.165) is 5.76 Å². The first kappa shape index (κ1) is 13.4. The molecule has 0 saturated carbocycles. The van der Waals surface area contributed by atoms with Crippen molar-refractivity contribution in [1.82, 2.24) is 10.3 Å². The van der Waals surface area contributed by atoms with Gasteiger partial charge in [0.15, 0.2) is 0 Å². The van der Waals surface area contributed by atoms with Crippen LogP contribution in [0.1, 0.15) is 43.1 Å². The first-order chi connectivity index (χ1) is 8.97. The second kappa shape index (κ2) is 5.32. The third-order valence-corrected chi connectivity index (χ3v) is 2.99. The topological polar surface area (TPSA) is 78.5 Å². The number of phenolic OH excluding ortho intramolecular Hbond substituents is 2. The van der Waals surface area contributed by atoms with E-state index in [1.54, 1.807) is 18.3 Å². The van der Waals surface area contributed by atoms with Crippen LogP contribution in [0.25, 0.3) is 0 Å². The van der Waals surface area contributed by atoms with Crippen LogP contribution >= 0.6 is 0 Å². The van der Waals surface area contributed by atoms with E-state index < -0.39 is 0 Å². The molecule has 2 aromatic rings. The van der Waals surface area contributed by atoms with E-state index in [1.807, 2.05) is 20.8 Å². The number of benzene rings is 1. The summed E-state index contributed by atoms with van der Waals surface area (Å²) in [4.78, 5) is 4.17. The SMILES string of the molecule is Cc1cnc(C(C)NC(C)c2ccc(O)cc2O)o1. The highest BCUT2D eigenvalue weighted by atomic mass is 16.4. The number of nitrogens with zero attached hydrogens (tertiary/aromatic N) is 1. The molecule has 19 heavy (non-hydrogen) atoms. The molecule has 0 radical (unpaired) electrons. The van der Waals surface area contributed by atoms with E-state index in [-0.39, 0.29) is 23.6 Å². The van der Waals surface area contributed by atoms with Gasteiger partial charge in [-0.3, -0.25) is 5.32 Å². The summed E-state index contributed by atoms with van der Waals surface area (Å²) in [6.45, 7) is 5.72. The van der Waals surface area contributed by atoms with Crippen LogP contribution in [0.5, 0.6) is 11.5 Å². The van der Waals surface area contributed by atoms with Gasteiger partial charge in [0.05, 0.1) is 12.2 Å². The van der Waals surface area contributed by atoms with E-state index in [9.17, 15) is 10.2 Å². The lowest BCUT2D eigenvalue weighted by Crippen LogP contribution is -2.22. The van der Waals surface area contributed by atoms with Crippen molar-refractivity contribution in [3.05, 3.63) is 41.6 Å². The van der Waals surface area contributed by atoms with Crippen molar-refractivity contribution >= 4 is 0 Å². The lowest BCUT2D eigenvalue weighted by molar-refractivity contribution is 0.373. The molecule has 1 heterocycles. The fraction of sp³-hybridized carbons (Fsp3) is 0.357. The summed E-state index contributed by atoms with van der Waals surface area (Å²) in [6.07, 6.45) is 1.68. The van der Waals surface area contributed by atoms with Crippen LogP contribution in [-0.2, 0) is 0 Å². The van der Waals surface area contributed by atoms with E-state index in [2.05, 4.69) is 10.3 Å². The van der Waals surface area contributed by atoms with Crippen molar-refractivity contribution in [2.45, 2.75) is 32.9 Å². The highest BCUT2D eigenvalue weighted by Gasteiger charge is 2.17. The molecule has 0 fully saturated rings. The second-order valence-corrected chi connectivity index (χ2v) is 4.66. The summed E-state index contributed by atoms with van der Waals surface area (Å²) < 4.78 is 5.46. The number of nitrogens with one attached hydrogen (secondary N) is 1. The van der Waals surface area contributed by atoms with Crippen molar-refractivity contribution in [3.8, 4) is 11.5 Å². The summed E-state index contributed by atoms with van der Waals surface area (Å²) in [5.41, 5.74) is 0.716. The maximum Gasteiger partial charge on any atom is 0.211 e. The first-order valence-corrected chi connectivity index (χ1v) is 6.17. The minimum absolute atomic E-state index is 0.0461. The van der Waals surface area contributed by atoms with Crippen LogP contribution in [0.2, 0.25) is 0 Å². The van der Waals surface area contributed by atoms with Gasteiger partial charge in [-0.2, -0.15) is 0 Å². The summed E-state index contributed by atoms with van der Waals surface area (Å²) >= 11 is 0. The molecule has 1 aromatic carbocycles. The lowest BCUT2D eigenvalue weighted by atomic mass is 10.1. The van der Waals surface area contributed by atoms with Crippen LogP contribution in [-0.4, -0.2) is 15.2 Å². The molecule has 0 saturated heterocycles. The lowest BCUT2D eigenvalue weighted by Gasteiger charge is -2.19. The van der Waals surface area contributed by atoms with Crippen LogP contribution in [0.4, 0.5) is 0 Å². The molecule has 0 aliphatic rings. The third-order valence-electron chi connectivity index (χ3n) is 2.99. The molecular weight excluding hydrogens is 244 g/mol. The average molecular weight is 262 g/mol. The monoisotopic (exact) mass is 262 g/mol. The Morgan fingerprint density at radius 1 is 1.21 bits per heavy atom. The average Bonchev–Trinajstić information content (AvgIpc) is 2.75. The van der Waals surface area contributed by atoms with Crippen molar-refractivity contribution in [2.75, 3.05) is 0 Å². The number of rotatable bonds is 4. The molecule has 1 aromatic heterocycles. The van der Waals surface area contributed by atoms with E-state index >= 15 is 0 Å². The van der Waals surface area contributed by atoms with Crippen LogP contribution in [0.3, 0.4) is 0 Å². The Hall–Kier alpha value is -2.01. The molecule has 0 bridgehead atoms. The summed E-state index contributed by atoms with van der Waals surface area (Å²) in [6, 6.07) is 4.40. The van der Waals surface area contributed by atoms with Crippen molar-refractivity contribution in [2.24, 2.45) is 0 Å². The standard InChI is InChI=1S/C14H18N2O3/c1-8-7-15-14(19-8)10(3)16-9(2)12-5-4-11(17)6-13(12)18/h4-7,9-10,16-18H,1-3H3. The Balaban J connectivity index is 2.10. The molecule has 0 aliphatic heterocycles. The molecule has 5 nitrogen and oxygen atoms in total. The molecule has 5 heteroatoms. The van der Waals surface area contributed by atoms with Crippen molar-refractivity contribution in [3.63, 3.8) is 0 Å². The van der Waals surface area contributed by atoms with E-state index in [0.29, 0.717) is 11.5 Å². The molecular formula is C14H18N2O3. The van der Waals surface area contributed by atoms with Gasteiger partial charge < -0.3 is 14.6 Å². The number of hydrogen-bond donors (Lipinski definition) is 3. The maximum atomic E-state index is 9.81. The number of oxazole rings is 1. The number of phenols is 2. The smallest absolute Gasteiger partial charge is 0.211 e. The maximum absolute atomic E-state index is 9.81. The van der Waals surface area contributed by atoms with Gasteiger partial charge in [0, 0.05) is 17.7 Å². The quantitative estimate of drug-likeness (QED) is 0.789. The van der Waals surface area contributed by atoms with Gasteiger partial charge in [0.2, 0.25) is 5.89 Å². The van der Waals surface area contributed by atoms with Gasteiger partial charge in [-0.1, -0.05) is 6.07 Å². The van der Waals surface area contributed by atoms with E-state index in [1.165, 1.54) is 6.07 Å². The van der Waals surface area contributed by atoms with Gasteiger partial charge in [-0.25, -0.2) is 4.98 Å². The summed E-state index contributed by atoms with van der Waals surface area (Å²) in [5, 5.41) is 22.4. The minimum Gasteiger partial charge on any atom is -0.508 e. The normalized spacial score (nSPS) is 14.3. The Morgan fingerprint density at radius 2 is 1.95 bits per heavy atom. The molecule has 0 spiro atoms. The largest absolute Gasteiger partial charge is 0.508 e. The fourth-order valence-electron chi connectivity index (χ4n) is 2.01. The Bertz CT molecular complexity index is 566. The molecule has 102 valence electrons. The zero-order valence-electron chi connectivity index (χ0n) is 11.2. The fourth-order valence-corrected chi connectivity index (χ4v) is 2.01. The Kier molecular flexibility index (Phi) is 3.76. The van der Waals surface area contributed by atoms with Gasteiger partial charge >= 0.3 is 0 Å². The van der Waals surface area contributed by atoms with Crippen molar-refractivity contribution in [1.29, 1.82) is 0 Å². The predicted octanol–water partition coefficient (Wildman–Crippen LogP) is 2.81. The zero-order chi connectivity index (χ0) is 14.0.